The minimum Gasteiger partial charge on any atom is -0.310 e. The second-order valence-corrected chi connectivity index (χ2v) is 5.72. The number of hydrogen-bond donors (Lipinski definition) is 1. The molecular formula is C13H12N4OS2. The lowest BCUT2D eigenvalue weighted by Gasteiger charge is -2.08. The number of H-pyrrole nitrogens is 1. The third-order valence-electron chi connectivity index (χ3n) is 3.20. The van der Waals surface area contributed by atoms with Crippen molar-refractivity contribution in [3.05, 3.63) is 44.8 Å². The Bertz CT molecular complexity index is 871. The van der Waals surface area contributed by atoms with Crippen LogP contribution in [-0.4, -0.2) is 19.3 Å². The molecule has 3 aromatic rings. The van der Waals surface area contributed by atoms with Crippen LogP contribution in [-0.2, 0) is 14.1 Å². The molecule has 20 heavy (non-hydrogen) atoms. The van der Waals surface area contributed by atoms with Gasteiger partial charge in [-0.25, -0.2) is 0 Å². The van der Waals surface area contributed by atoms with Crippen LogP contribution in [0.1, 0.15) is 0 Å². The third-order valence-corrected chi connectivity index (χ3v) is 4.46. The van der Waals surface area contributed by atoms with Crippen molar-refractivity contribution in [1.82, 2.24) is 19.3 Å². The zero-order chi connectivity index (χ0) is 14.3. The first kappa shape index (κ1) is 13.0. The summed E-state index contributed by atoms with van der Waals surface area (Å²) in [6, 6.07) is 7.69. The van der Waals surface area contributed by atoms with E-state index >= 15 is 0 Å². The van der Waals surface area contributed by atoms with Gasteiger partial charge in [-0.05, 0) is 35.8 Å². The quantitative estimate of drug-likeness (QED) is 0.740. The second kappa shape index (κ2) is 4.84. The predicted molar refractivity (Wildman–Crippen MR) is 82.4 cm³/mol. The Kier molecular flexibility index (Phi) is 3.15. The van der Waals surface area contributed by atoms with Gasteiger partial charge in [0.05, 0.1) is 16.1 Å². The summed E-state index contributed by atoms with van der Waals surface area (Å²) < 4.78 is 3.82. The molecule has 0 spiro atoms. The zero-order valence-electron chi connectivity index (χ0n) is 11.0. The van der Waals surface area contributed by atoms with Gasteiger partial charge < -0.3 is 9.13 Å². The number of nitrogens with zero attached hydrogens (tertiary/aromatic N) is 3. The summed E-state index contributed by atoms with van der Waals surface area (Å²) in [6.07, 6.45) is 0. The molecule has 0 aliphatic rings. The number of hydrogen-bond acceptors (Lipinski definition) is 4. The van der Waals surface area contributed by atoms with Crippen LogP contribution >= 0.6 is 23.6 Å². The van der Waals surface area contributed by atoms with Crippen LogP contribution in [0.15, 0.2) is 34.4 Å². The normalized spacial score (nSPS) is 10.9. The summed E-state index contributed by atoms with van der Waals surface area (Å²) >= 11 is 6.68. The highest BCUT2D eigenvalue weighted by Crippen LogP contribution is 2.24. The van der Waals surface area contributed by atoms with Crippen molar-refractivity contribution >= 4 is 23.6 Å². The topological polar surface area (TPSA) is 55.6 Å². The maximum atomic E-state index is 12.5. The maximum Gasteiger partial charge on any atom is 0.261 e. The van der Waals surface area contributed by atoms with Crippen molar-refractivity contribution < 1.29 is 0 Å². The Morgan fingerprint density at radius 1 is 1.25 bits per heavy atom. The highest BCUT2D eigenvalue weighted by molar-refractivity contribution is 7.71. The molecule has 102 valence electrons. The van der Waals surface area contributed by atoms with Crippen LogP contribution in [0.2, 0.25) is 0 Å². The zero-order valence-corrected chi connectivity index (χ0v) is 12.6. The summed E-state index contributed by atoms with van der Waals surface area (Å²) in [5.41, 5.74) is 1.33. The molecule has 1 N–H and O–H groups in total. The lowest BCUT2D eigenvalue weighted by molar-refractivity contribution is 0.858. The largest absolute Gasteiger partial charge is 0.310 e. The first-order valence-corrected chi connectivity index (χ1v) is 7.24. The smallest absolute Gasteiger partial charge is 0.261 e. The Balaban J connectivity index is 2.22. The van der Waals surface area contributed by atoms with E-state index in [4.69, 9.17) is 12.2 Å². The van der Waals surface area contributed by atoms with Gasteiger partial charge in [0, 0.05) is 14.1 Å². The number of thiophene rings is 1. The van der Waals surface area contributed by atoms with Gasteiger partial charge in [0.25, 0.3) is 5.56 Å². The Morgan fingerprint density at radius 3 is 2.65 bits per heavy atom. The number of pyridine rings is 1. The molecule has 0 aliphatic carbocycles. The molecule has 3 rings (SSSR count). The van der Waals surface area contributed by atoms with Gasteiger partial charge in [-0.15, -0.1) is 11.3 Å². The van der Waals surface area contributed by atoms with E-state index in [2.05, 4.69) is 10.2 Å². The molecule has 5 nitrogen and oxygen atoms in total. The molecular weight excluding hydrogens is 292 g/mol. The molecule has 0 bridgehead atoms. The summed E-state index contributed by atoms with van der Waals surface area (Å²) in [5, 5.41) is 8.80. The summed E-state index contributed by atoms with van der Waals surface area (Å²) in [4.78, 5) is 13.6. The van der Waals surface area contributed by atoms with Crippen LogP contribution in [0, 0.1) is 4.77 Å². The molecule has 3 aromatic heterocycles. The van der Waals surface area contributed by atoms with Crippen LogP contribution < -0.4 is 5.56 Å². The average Bonchev–Trinajstić information content (AvgIpc) is 3.06. The van der Waals surface area contributed by atoms with Crippen molar-refractivity contribution in [3.63, 3.8) is 0 Å². The number of aromatic nitrogens is 4. The monoisotopic (exact) mass is 304 g/mol. The maximum absolute atomic E-state index is 12.5. The lowest BCUT2D eigenvalue weighted by atomic mass is 10.2. The van der Waals surface area contributed by atoms with Gasteiger partial charge in [-0.3, -0.25) is 9.89 Å². The Labute approximate surface area is 124 Å². The van der Waals surface area contributed by atoms with E-state index in [0.29, 0.717) is 16.2 Å². The Hall–Kier alpha value is -1.99. The SMILES string of the molecule is Cn1c(-c2ccc(-c3cccs3)n(C)c2=O)n[nH]c1=S. The molecule has 0 saturated heterocycles. The molecule has 0 radical (unpaired) electrons. The molecule has 0 atom stereocenters. The van der Waals surface area contributed by atoms with E-state index in [1.807, 2.05) is 23.6 Å². The summed E-state index contributed by atoms with van der Waals surface area (Å²) in [7, 11) is 3.55. The van der Waals surface area contributed by atoms with Crippen molar-refractivity contribution in [2.45, 2.75) is 0 Å². The van der Waals surface area contributed by atoms with Crippen molar-refractivity contribution in [2.75, 3.05) is 0 Å². The summed E-state index contributed by atoms with van der Waals surface area (Å²) in [6.45, 7) is 0. The van der Waals surface area contributed by atoms with E-state index < -0.39 is 0 Å². The van der Waals surface area contributed by atoms with E-state index in [1.165, 1.54) is 0 Å². The van der Waals surface area contributed by atoms with Gasteiger partial charge in [-0.2, -0.15) is 5.10 Å². The molecule has 0 amide bonds. The molecule has 0 unspecified atom stereocenters. The fourth-order valence-electron chi connectivity index (χ4n) is 2.07. The van der Waals surface area contributed by atoms with Crippen LogP contribution in [0.5, 0.6) is 0 Å². The van der Waals surface area contributed by atoms with Crippen LogP contribution in [0.3, 0.4) is 0 Å². The predicted octanol–water partition coefficient (Wildman–Crippen LogP) is 2.57. The highest BCUT2D eigenvalue weighted by Gasteiger charge is 2.13. The number of nitrogens with one attached hydrogen (secondary N) is 1. The first-order valence-electron chi connectivity index (χ1n) is 5.95. The fourth-order valence-corrected chi connectivity index (χ4v) is 2.98. The van der Waals surface area contributed by atoms with Crippen molar-refractivity contribution in [3.8, 4) is 22.0 Å². The van der Waals surface area contributed by atoms with Gasteiger partial charge in [0.15, 0.2) is 10.6 Å². The van der Waals surface area contributed by atoms with E-state index in [0.717, 1.165) is 10.6 Å². The standard InChI is InChI=1S/C13H12N4OS2/c1-16-9(10-4-3-7-20-10)6-5-8(12(16)18)11-14-15-13(19)17(11)2/h3-7H,1-2H3,(H,15,19). The highest BCUT2D eigenvalue weighted by atomic mass is 32.1. The minimum absolute atomic E-state index is 0.0898. The molecule has 0 saturated carbocycles. The van der Waals surface area contributed by atoms with E-state index in [9.17, 15) is 4.79 Å². The van der Waals surface area contributed by atoms with Gasteiger partial charge >= 0.3 is 0 Å². The molecule has 0 aromatic carbocycles. The van der Waals surface area contributed by atoms with Crippen molar-refractivity contribution in [2.24, 2.45) is 14.1 Å². The summed E-state index contributed by atoms with van der Waals surface area (Å²) in [5.74, 6) is 0.549. The van der Waals surface area contributed by atoms with Crippen LogP contribution in [0.25, 0.3) is 22.0 Å². The number of aromatic amines is 1. The van der Waals surface area contributed by atoms with Gasteiger partial charge in [0.1, 0.15) is 0 Å². The molecule has 0 fully saturated rings. The van der Waals surface area contributed by atoms with E-state index in [-0.39, 0.29) is 5.56 Å². The minimum atomic E-state index is -0.0898. The van der Waals surface area contributed by atoms with E-state index in [1.54, 1.807) is 40.6 Å². The number of rotatable bonds is 2. The molecule has 3 heterocycles. The van der Waals surface area contributed by atoms with Gasteiger partial charge in [0.2, 0.25) is 0 Å². The van der Waals surface area contributed by atoms with Gasteiger partial charge in [-0.1, -0.05) is 6.07 Å². The first-order chi connectivity index (χ1) is 9.59. The molecule has 0 aliphatic heterocycles. The lowest BCUT2D eigenvalue weighted by Crippen LogP contribution is -2.20. The van der Waals surface area contributed by atoms with Crippen molar-refractivity contribution in [1.29, 1.82) is 0 Å². The average molecular weight is 304 g/mol. The van der Waals surface area contributed by atoms with Crippen LogP contribution in [0.4, 0.5) is 0 Å². The Morgan fingerprint density at radius 2 is 2.05 bits per heavy atom. The third kappa shape index (κ3) is 1.95. The molecule has 7 heteroatoms. The second-order valence-electron chi connectivity index (χ2n) is 4.39. The fraction of sp³-hybridized carbons (Fsp3) is 0.154.